The lowest BCUT2D eigenvalue weighted by Crippen LogP contribution is -2.32. The number of fused-ring (bicyclic) bond motifs is 1. The third kappa shape index (κ3) is 3.79. The molecule has 11 nitrogen and oxygen atoms in total. The Balaban J connectivity index is 2.08. The maximum absolute atomic E-state index is 11.3. The zero-order valence-corrected chi connectivity index (χ0v) is 15.3. The number of carbonyl (C=O) groups excluding carboxylic acids is 1. The second-order valence-electron chi connectivity index (χ2n) is 5.84. The topological polar surface area (TPSA) is 184 Å². The summed E-state index contributed by atoms with van der Waals surface area (Å²) in [6.07, 6.45) is 1.78. The number of rotatable bonds is 4. The zero-order valence-electron chi connectivity index (χ0n) is 15.3. The highest BCUT2D eigenvalue weighted by atomic mass is 16.6. The molecule has 11 heteroatoms. The number of pyridine rings is 1. The number of nitrogens with zero attached hydrogens (tertiary/aromatic N) is 4. The van der Waals surface area contributed by atoms with E-state index >= 15 is 0 Å². The van der Waals surface area contributed by atoms with Crippen molar-refractivity contribution < 1.29 is 14.3 Å². The molecular weight excluding hydrogens is 376 g/mol. The minimum absolute atomic E-state index is 0.0385. The van der Waals surface area contributed by atoms with E-state index in [9.17, 15) is 10.1 Å². The first kappa shape index (κ1) is 19.3. The Morgan fingerprint density at radius 1 is 1.38 bits per heavy atom. The second-order valence-corrected chi connectivity index (χ2v) is 5.84. The summed E-state index contributed by atoms with van der Waals surface area (Å²) in [6.45, 7) is -0.258. The molecule has 0 aliphatic carbocycles. The molecule has 0 radical (unpaired) electrons. The molecule has 0 spiro atoms. The van der Waals surface area contributed by atoms with Gasteiger partial charge in [0, 0.05) is 5.56 Å². The average molecular weight is 392 g/mol. The van der Waals surface area contributed by atoms with Gasteiger partial charge in [0.2, 0.25) is 5.96 Å². The van der Waals surface area contributed by atoms with Gasteiger partial charge in [0.1, 0.15) is 35.1 Å². The van der Waals surface area contributed by atoms with Gasteiger partial charge in [-0.2, -0.15) is 10.5 Å². The van der Waals surface area contributed by atoms with Crippen molar-refractivity contribution in [2.45, 2.75) is 6.04 Å². The molecule has 1 aliphatic heterocycles. The van der Waals surface area contributed by atoms with Crippen molar-refractivity contribution in [3.63, 3.8) is 0 Å². The number of nitrogen functional groups attached to an aromatic ring is 2. The van der Waals surface area contributed by atoms with Crippen LogP contribution in [0.4, 0.5) is 17.3 Å². The number of anilines is 3. The van der Waals surface area contributed by atoms with E-state index in [-0.39, 0.29) is 35.5 Å². The number of carbonyl (C=O) groups is 1. The molecule has 0 bridgehead atoms. The Hall–Kier alpha value is -4.51. The number of aromatic nitrogens is 1. The summed E-state index contributed by atoms with van der Waals surface area (Å²) in [4.78, 5) is 20.0. The van der Waals surface area contributed by atoms with Crippen LogP contribution in [0.25, 0.3) is 0 Å². The Labute approximate surface area is 165 Å². The SMILES string of the molecule is COC(=O)COc1cccc(C2N=C(NC#N)Nc3nc(N)c(C#N)c(N)c32)c1. The highest BCUT2D eigenvalue weighted by Crippen LogP contribution is 2.41. The van der Waals surface area contributed by atoms with E-state index in [1.54, 1.807) is 30.5 Å². The van der Waals surface area contributed by atoms with Crippen molar-refractivity contribution in [1.29, 1.82) is 10.5 Å². The summed E-state index contributed by atoms with van der Waals surface area (Å²) in [5.74, 6) is 0.257. The largest absolute Gasteiger partial charge is 0.482 e. The van der Waals surface area contributed by atoms with Gasteiger partial charge in [-0.3, -0.25) is 5.32 Å². The number of nitrogens with one attached hydrogen (secondary N) is 2. The Morgan fingerprint density at radius 2 is 2.17 bits per heavy atom. The summed E-state index contributed by atoms with van der Waals surface area (Å²) in [6, 6.07) is 8.04. The number of nitriles is 2. The van der Waals surface area contributed by atoms with Crippen molar-refractivity contribution >= 4 is 29.3 Å². The molecule has 6 N–H and O–H groups in total. The van der Waals surface area contributed by atoms with Crippen LogP contribution in [0.5, 0.6) is 5.75 Å². The predicted molar refractivity (Wildman–Crippen MR) is 103 cm³/mol. The molecule has 0 fully saturated rings. The quantitative estimate of drug-likeness (QED) is 0.326. The summed E-state index contributed by atoms with van der Waals surface area (Å²) < 4.78 is 9.98. The van der Waals surface area contributed by atoms with Crippen LogP contribution in [0.2, 0.25) is 0 Å². The maximum atomic E-state index is 11.3. The molecule has 1 aromatic heterocycles. The van der Waals surface area contributed by atoms with E-state index in [1.807, 2.05) is 6.07 Å². The molecule has 146 valence electrons. The first-order valence-corrected chi connectivity index (χ1v) is 8.27. The van der Waals surface area contributed by atoms with Crippen molar-refractivity contribution in [1.82, 2.24) is 10.3 Å². The van der Waals surface area contributed by atoms with Crippen LogP contribution in [-0.4, -0.2) is 30.6 Å². The molecule has 2 aromatic rings. The summed E-state index contributed by atoms with van der Waals surface area (Å²) in [5.41, 5.74) is 13.3. The van der Waals surface area contributed by atoms with Gasteiger partial charge in [-0.15, -0.1) is 0 Å². The average Bonchev–Trinajstić information content (AvgIpc) is 2.72. The molecule has 0 amide bonds. The standard InChI is InChI=1S/C18H16N8O3/c1-28-12(27)7-29-10-4-2-3-9(5-10)15-13-14(21)11(6-19)16(22)25-17(13)26-18(24-15)23-8-20/h2-5,15H,7H2,1H3,(H6,21,22,23,24,25,26). The Bertz CT molecular complexity index is 1080. The first-order chi connectivity index (χ1) is 14.0. The highest BCUT2D eigenvalue weighted by molar-refractivity contribution is 5.98. The number of benzene rings is 1. The van der Waals surface area contributed by atoms with Gasteiger partial charge in [0.25, 0.3) is 0 Å². The van der Waals surface area contributed by atoms with Crippen molar-refractivity contribution in [3.8, 4) is 18.0 Å². The van der Waals surface area contributed by atoms with E-state index in [1.165, 1.54) is 7.11 Å². The Morgan fingerprint density at radius 3 is 2.86 bits per heavy atom. The van der Waals surface area contributed by atoms with Crippen LogP contribution in [0.15, 0.2) is 29.3 Å². The lowest BCUT2D eigenvalue weighted by atomic mass is 9.95. The fourth-order valence-corrected chi connectivity index (χ4v) is 2.80. The smallest absolute Gasteiger partial charge is 0.343 e. The molecule has 1 aliphatic rings. The van der Waals surface area contributed by atoms with E-state index in [0.717, 1.165) is 0 Å². The molecule has 0 saturated heterocycles. The second kappa shape index (κ2) is 8.02. The van der Waals surface area contributed by atoms with Gasteiger partial charge in [0.15, 0.2) is 12.8 Å². The number of guanidine groups is 1. The van der Waals surface area contributed by atoms with Crippen molar-refractivity contribution in [3.05, 3.63) is 41.0 Å². The number of hydrogen-bond acceptors (Lipinski definition) is 11. The normalized spacial score (nSPS) is 14.3. The number of aliphatic imine (C=N–C) groups is 1. The van der Waals surface area contributed by atoms with Gasteiger partial charge in [-0.1, -0.05) is 12.1 Å². The molecule has 3 rings (SSSR count). The van der Waals surface area contributed by atoms with Gasteiger partial charge in [0.05, 0.1) is 12.8 Å². The Kier molecular flexibility index (Phi) is 5.33. The monoisotopic (exact) mass is 392 g/mol. The van der Waals surface area contributed by atoms with E-state index in [0.29, 0.717) is 16.9 Å². The molecule has 1 aromatic carbocycles. The molecule has 2 heterocycles. The van der Waals surface area contributed by atoms with Crippen LogP contribution in [-0.2, 0) is 9.53 Å². The number of nitrogens with two attached hydrogens (primary N) is 2. The predicted octanol–water partition coefficient (Wildman–Crippen LogP) is 0.611. The number of ether oxygens (including phenoxy) is 2. The molecule has 29 heavy (non-hydrogen) atoms. The zero-order chi connectivity index (χ0) is 21.0. The summed E-state index contributed by atoms with van der Waals surface area (Å²) in [7, 11) is 1.26. The lowest BCUT2D eigenvalue weighted by molar-refractivity contribution is -0.142. The minimum atomic E-state index is -0.705. The summed E-state index contributed by atoms with van der Waals surface area (Å²) in [5, 5.41) is 23.6. The number of hydrogen-bond donors (Lipinski definition) is 4. The van der Waals surface area contributed by atoms with Crippen molar-refractivity contribution in [2.24, 2.45) is 4.99 Å². The molecular formula is C18H16N8O3. The highest BCUT2D eigenvalue weighted by Gasteiger charge is 2.29. The first-order valence-electron chi connectivity index (χ1n) is 8.27. The fraction of sp³-hybridized carbons (Fsp3) is 0.167. The molecule has 1 unspecified atom stereocenters. The van der Waals surface area contributed by atoms with Crippen LogP contribution in [0.3, 0.4) is 0 Å². The van der Waals surface area contributed by atoms with Gasteiger partial charge in [-0.05, 0) is 17.7 Å². The van der Waals surface area contributed by atoms with Crippen LogP contribution >= 0.6 is 0 Å². The fourth-order valence-electron chi connectivity index (χ4n) is 2.80. The van der Waals surface area contributed by atoms with Crippen LogP contribution in [0.1, 0.15) is 22.7 Å². The van der Waals surface area contributed by atoms with Gasteiger partial charge >= 0.3 is 5.97 Å². The maximum Gasteiger partial charge on any atom is 0.343 e. The third-order valence-corrected chi connectivity index (χ3v) is 4.12. The molecule has 1 atom stereocenters. The van der Waals surface area contributed by atoms with E-state index in [2.05, 4.69) is 25.3 Å². The van der Waals surface area contributed by atoms with E-state index in [4.69, 9.17) is 21.5 Å². The molecule has 0 saturated carbocycles. The van der Waals surface area contributed by atoms with Crippen LogP contribution < -0.4 is 26.8 Å². The van der Waals surface area contributed by atoms with Gasteiger partial charge in [-0.25, -0.2) is 14.8 Å². The third-order valence-electron chi connectivity index (χ3n) is 4.12. The van der Waals surface area contributed by atoms with Crippen molar-refractivity contribution in [2.75, 3.05) is 30.5 Å². The summed E-state index contributed by atoms with van der Waals surface area (Å²) >= 11 is 0. The number of esters is 1. The lowest BCUT2D eigenvalue weighted by Gasteiger charge is -2.26. The minimum Gasteiger partial charge on any atom is -0.482 e. The van der Waals surface area contributed by atoms with Crippen LogP contribution in [0, 0.1) is 22.8 Å². The van der Waals surface area contributed by atoms with Gasteiger partial charge < -0.3 is 26.3 Å². The number of methoxy groups -OCH3 is 1. The van der Waals surface area contributed by atoms with E-state index < -0.39 is 12.0 Å².